The highest BCUT2D eigenvalue weighted by Crippen LogP contribution is 2.09. The van der Waals surface area contributed by atoms with Gasteiger partial charge in [-0.25, -0.2) is 0 Å². The van der Waals surface area contributed by atoms with Gasteiger partial charge in [-0.15, -0.1) is 0 Å². The van der Waals surface area contributed by atoms with Crippen molar-refractivity contribution in [1.29, 1.82) is 0 Å². The smallest absolute Gasteiger partial charge is 0.139 e. The van der Waals surface area contributed by atoms with E-state index in [0.717, 1.165) is 12.8 Å². The number of hydrogen-bond acceptors (Lipinski definition) is 3. The van der Waals surface area contributed by atoms with Crippen LogP contribution in [0.1, 0.15) is 45.4 Å². The number of rotatable bonds is 9. The van der Waals surface area contributed by atoms with E-state index in [4.69, 9.17) is 10.9 Å². The Morgan fingerprint density at radius 1 is 1.21 bits per heavy atom. The fraction of sp³-hybridized carbons (Fsp3) is 0.900. The first-order chi connectivity index (χ1) is 6.81. The van der Waals surface area contributed by atoms with E-state index in [9.17, 15) is 0 Å². The molecule has 14 heavy (non-hydrogen) atoms. The zero-order valence-electron chi connectivity index (χ0n) is 9.04. The molecule has 0 saturated heterocycles. The molecule has 0 aromatic carbocycles. The Balaban J connectivity index is 2.99. The summed E-state index contributed by atoms with van der Waals surface area (Å²) in [5.74, 6) is 2.82. The van der Waals surface area contributed by atoms with E-state index in [2.05, 4.69) is 12.1 Å². The summed E-state index contributed by atoms with van der Waals surface area (Å²) in [4.78, 5) is 0. The lowest BCUT2D eigenvalue weighted by molar-refractivity contribution is 0.316. The molecule has 0 radical (unpaired) electrons. The summed E-state index contributed by atoms with van der Waals surface area (Å²) < 4.78 is 0. The van der Waals surface area contributed by atoms with Gasteiger partial charge in [-0.3, -0.25) is 0 Å². The molecule has 0 rings (SSSR count). The van der Waals surface area contributed by atoms with Crippen LogP contribution in [0.3, 0.4) is 0 Å². The molecule has 0 atom stereocenters. The van der Waals surface area contributed by atoms with Crippen LogP contribution in [0.25, 0.3) is 0 Å². The highest BCUT2D eigenvalue weighted by Gasteiger charge is 1.94. The maximum atomic E-state index is 8.29. The Morgan fingerprint density at radius 3 is 2.43 bits per heavy atom. The highest BCUT2D eigenvalue weighted by molar-refractivity contribution is 7.99. The van der Waals surface area contributed by atoms with E-state index in [1.807, 2.05) is 11.8 Å². The average molecular weight is 218 g/mol. The molecule has 0 aromatic rings. The predicted molar refractivity (Wildman–Crippen MR) is 64.1 cm³/mol. The van der Waals surface area contributed by atoms with Gasteiger partial charge < -0.3 is 10.9 Å². The number of nitrogens with zero attached hydrogens (tertiary/aromatic N) is 1. The summed E-state index contributed by atoms with van der Waals surface area (Å²) in [6, 6.07) is 0. The lowest BCUT2D eigenvalue weighted by Crippen LogP contribution is -2.10. The van der Waals surface area contributed by atoms with Crippen LogP contribution in [-0.2, 0) is 0 Å². The molecule has 0 aromatic heterocycles. The van der Waals surface area contributed by atoms with Crippen molar-refractivity contribution in [2.75, 3.05) is 11.5 Å². The topological polar surface area (TPSA) is 58.6 Å². The molecule has 0 saturated carbocycles. The van der Waals surface area contributed by atoms with Crippen LogP contribution in [0.5, 0.6) is 0 Å². The molecule has 0 aliphatic heterocycles. The van der Waals surface area contributed by atoms with E-state index < -0.39 is 0 Å². The molecule has 0 spiro atoms. The second-order valence-electron chi connectivity index (χ2n) is 3.37. The van der Waals surface area contributed by atoms with Gasteiger partial charge in [0.15, 0.2) is 0 Å². The minimum absolute atomic E-state index is 0.348. The van der Waals surface area contributed by atoms with Crippen molar-refractivity contribution in [3.05, 3.63) is 0 Å². The van der Waals surface area contributed by atoms with Crippen molar-refractivity contribution in [1.82, 2.24) is 0 Å². The molecular weight excluding hydrogens is 196 g/mol. The van der Waals surface area contributed by atoms with Crippen LogP contribution in [0, 0.1) is 0 Å². The van der Waals surface area contributed by atoms with Crippen molar-refractivity contribution in [2.45, 2.75) is 45.4 Å². The first-order valence-electron chi connectivity index (χ1n) is 5.35. The fourth-order valence-corrected chi connectivity index (χ4v) is 2.14. The monoisotopic (exact) mass is 218 g/mol. The molecule has 0 unspecified atom stereocenters. The highest BCUT2D eigenvalue weighted by atomic mass is 32.2. The second-order valence-corrected chi connectivity index (χ2v) is 4.59. The van der Waals surface area contributed by atoms with Gasteiger partial charge in [-0.05, 0) is 30.8 Å². The molecule has 0 bridgehead atoms. The lowest BCUT2D eigenvalue weighted by atomic mass is 10.2. The van der Waals surface area contributed by atoms with Gasteiger partial charge in [-0.2, -0.15) is 11.8 Å². The summed E-state index contributed by atoms with van der Waals surface area (Å²) >= 11 is 2.01. The minimum atomic E-state index is 0.348. The third kappa shape index (κ3) is 9.71. The first kappa shape index (κ1) is 13.6. The Labute approximate surface area is 91.1 Å². The number of hydrogen-bond donors (Lipinski definition) is 2. The van der Waals surface area contributed by atoms with Gasteiger partial charge in [0.2, 0.25) is 0 Å². The van der Waals surface area contributed by atoms with E-state index in [0.29, 0.717) is 12.3 Å². The van der Waals surface area contributed by atoms with Crippen LogP contribution in [-0.4, -0.2) is 22.5 Å². The summed E-state index contributed by atoms with van der Waals surface area (Å²) in [6.45, 7) is 2.22. The van der Waals surface area contributed by atoms with E-state index in [1.165, 1.54) is 30.8 Å². The van der Waals surface area contributed by atoms with E-state index in [1.54, 1.807) is 0 Å². The van der Waals surface area contributed by atoms with Gasteiger partial charge in [-0.1, -0.05) is 24.9 Å². The van der Waals surface area contributed by atoms with Gasteiger partial charge in [0.1, 0.15) is 5.84 Å². The number of unbranched alkanes of at least 4 members (excludes halogenated alkanes) is 3. The Morgan fingerprint density at radius 2 is 1.86 bits per heavy atom. The molecule has 0 aliphatic rings. The number of thioether (sulfide) groups is 1. The molecule has 0 heterocycles. The minimum Gasteiger partial charge on any atom is -0.409 e. The lowest BCUT2D eigenvalue weighted by Gasteiger charge is -2.00. The molecular formula is C10H22N2OS. The van der Waals surface area contributed by atoms with Crippen molar-refractivity contribution in [2.24, 2.45) is 10.9 Å². The van der Waals surface area contributed by atoms with Crippen LogP contribution in [0.4, 0.5) is 0 Å². The van der Waals surface area contributed by atoms with Crippen molar-refractivity contribution in [3.63, 3.8) is 0 Å². The Hall–Kier alpha value is -0.380. The normalized spacial score (nSPS) is 11.9. The van der Waals surface area contributed by atoms with Gasteiger partial charge in [0.05, 0.1) is 0 Å². The van der Waals surface area contributed by atoms with Crippen molar-refractivity contribution in [3.8, 4) is 0 Å². The maximum absolute atomic E-state index is 8.29. The molecule has 0 amide bonds. The van der Waals surface area contributed by atoms with Crippen LogP contribution < -0.4 is 5.73 Å². The third-order valence-corrected chi connectivity index (χ3v) is 3.15. The van der Waals surface area contributed by atoms with Crippen LogP contribution in [0.15, 0.2) is 5.16 Å². The summed E-state index contributed by atoms with van der Waals surface area (Å²) in [7, 11) is 0. The standard InChI is InChI=1S/C10H22N2OS/c1-2-3-5-8-14-9-6-4-7-10(11)12-13/h13H,2-9H2,1H3,(H2,11,12). The quantitative estimate of drug-likeness (QED) is 0.206. The Bertz CT molecular complexity index is 151. The fourth-order valence-electron chi connectivity index (χ4n) is 1.12. The molecule has 0 aliphatic carbocycles. The molecule has 4 heteroatoms. The number of amidine groups is 1. The molecule has 84 valence electrons. The van der Waals surface area contributed by atoms with E-state index in [-0.39, 0.29) is 0 Å². The average Bonchev–Trinajstić information content (AvgIpc) is 2.21. The largest absolute Gasteiger partial charge is 0.409 e. The van der Waals surface area contributed by atoms with Crippen molar-refractivity contribution >= 4 is 17.6 Å². The molecule has 3 nitrogen and oxygen atoms in total. The van der Waals surface area contributed by atoms with Crippen molar-refractivity contribution < 1.29 is 5.21 Å². The first-order valence-corrected chi connectivity index (χ1v) is 6.50. The molecule has 3 N–H and O–H groups in total. The maximum Gasteiger partial charge on any atom is 0.139 e. The predicted octanol–water partition coefficient (Wildman–Crippen LogP) is 2.83. The summed E-state index contributed by atoms with van der Waals surface area (Å²) in [5, 5.41) is 11.2. The third-order valence-electron chi connectivity index (χ3n) is 1.99. The summed E-state index contributed by atoms with van der Waals surface area (Å²) in [5.41, 5.74) is 5.35. The number of nitrogens with two attached hydrogens (primary N) is 1. The van der Waals surface area contributed by atoms with Crippen LogP contribution >= 0.6 is 11.8 Å². The zero-order chi connectivity index (χ0) is 10.6. The van der Waals surface area contributed by atoms with Gasteiger partial charge in [0.25, 0.3) is 0 Å². The van der Waals surface area contributed by atoms with E-state index >= 15 is 0 Å². The van der Waals surface area contributed by atoms with Gasteiger partial charge >= 0.3 is 0 Å². The zero-order valence-corrected chi connectivity index (χ0v) is 9.85. The Kier molecular flexibility index (Phi) is 10.4. The molecule has 0 fully saturated rings. The van der Waals surface area contributed by atoms with Crippen LogP contribution in [0.2, 0.25) is 0 Å². The second kappa shape index (κ2) is 10.7. The van der Waals surface area contributed by atoms with Gasteiger partial charge in [0, 0.05) is 6.42 Å². The summed E-state index contributed by atoms with van der Waals surface area (Å²) in [6.07, 6.45) is 6.87. The SMILES string of the molecule is CCCCCSCCCCC(N)=NO. The number of oxime groups is 1.